The molecule has 0 aliphatic carbocycles. The zero-order valence-corrected chi connectivity index (χ0v) is 11.8. The standard InChI is InChI=1S/C12H10Cl3N3/c1-7-5-17-12(15)18-11(7)16-6-8-2-3-9(13)4-10(8)14/h2-5H,6H2,1H3,(H,16,17,18). The first kappa shape index (κ1) is 13.4. The summed E-state index contributed by atoms with van der Waals surface area (Å²) in [6, 6.07) is 5.37. The van der Waals surface area contributed by atoms with E-state index in [-0.39, 0.29) is 5.28 Å². The van der Waals surface area contributed by atoms with Crippen molar-refractivity contribution in [2.75, 3.05) is 5.32 Å². The van der Waals surface area contributed by atoms with Crippen molar-refractivity contribution >= 4 is 40.6 Å². The van der Waals surface area contributed by atoms with Crippen molar-refractivity contribution in [1.82, 2.24) is 9.97 Å². The van der Waals surface area contributed by atoms with Gasteiger partial charge in [0.05, 0.1) is 0 Å². The van der Waals surface area contributed by atoms with Gasteiger partial charge >= 0.3 is 0 Å². The van der Waals surface area contributed by atoms with Crippen LogP contribution in [0.2, 0.25) is 15.3 Å². The average molecular weight is 303 g/mol. The van der Waals surface area contributed by atoms with Gasteiger partial charge < -0.3 is 5.32 Å². The Balaban J connectivity index is 2.13. The van der Waals surface area contributed by atoms with Crippen LogP contribution >= 0.6 is 34.8 Å². The minimum Gasteiger partial charge on any atom is -0.366 e. The lowest BCUT2D eigenvalue weighted by atomic mass is 10.2. The smallest absolute Gasteiger partial charge is 0.224 e. The van der Waals surface area contributed by atoms with E-state index in [0.717, 1.165) is 11.1 Å². The number of nitrogens with one attached hydrogen (secondary N) is 1. The molecule has 0 saturated carbocycles. The van der Waals surface area contributed by atoms with Gasteiger partial charge in [-0.2, -0.15) is 0 Å². The van der Waals surface area contributed by atoms with Gasteiger partial charge in [0.15, 0.2) is 0 Å². The molecule has 3 nitrogen and oxygen atoms in total. The Morgan fingerprint density at radius 1 is 1.22 bits per heavy atom. The summed E-state index contributed by atoms with van der Waals surface area (Å²) < 4.78 is 0. The van der Waals surface area contributed by atoms with E-state index in [1.165, 1.54) is 0 Å². The third-order valence-corrected chi connectivity index (χ3v) is 3.17. The highest BCUT2D eigenvalue weighted by Gasteiger charge is 2.05. The summed E-state index contributed by atoms with van der Waals surface area (Å²) in [7, 11) is 0. The van der Waals surface area contributed by atoms with Crippen LogP contribution in [0.15, 0.2) is 24.4 Å². The molecule has 2 aromatic rings. The molecule has 0 saturated heterocycles. The normalized spacial score (nSPS) is 10.4. The van der Waals surface area contributed by atoms with E-state index >= 15 is 0 Å². The van der Waals surface area contributed by atoms with Crippen LogP contribution in [0.4, 0.5) is 5.82 Å². The predicted octanol–water partition coefficient (Wildman–Crippen LogP) is 4.36. The molecule has 2 rings (SSSR count). The van der Waals surface area contributed by atoms with E-state index in [1.54, 1.807) is 18.3 Å². The molecule has 1 aromatic carbocycles. The van der Waals surface area contributed by atoms with Crippen LogP contribution in [-0.2, 0) is 6.54 Å². The third kappa shape index (κ3) is 3.25. The van der Waals surface area contributed by atoms with Gasteiger partial charge in [0.1, 0.15) is 5.82 Å². The maximum Gasteiger partial charge on any atom is 0.224 e. The molecule has 0 fully saturated rings. The molecule has 1 aromatic heterocycles. The molecule has 0 atom stereocenters. The molecule has 0 aliphatic heterocycles. The van der Waals surface area contributed by atoms with Gasteiger partial charge in [-0.05, 0) is 36.2 Å². The van der Waals surface area contributed by atoms with Gasteiger partial charge in [-0.3, -0.25) is 0 Å². The van der Waals surface area contributed by atoms with E-state index in [9.17, 15) is 0 Å². The molecule has 6 heteroatoms. The van der Waals surface area contributed by atoms with Crippen molar-refractivity contribution in [2.24, 2.45) is 0 Å². The molecule has 0 spiro atoms. The lowest BCUT2D eigenvalue weighted by Gasteiger charge is -2.09. The zero-order valence-electron chi connectivity index (χ0n) is 9.54. The predicted molar refractivity (Wildman–Crippen MR) is 75.6 cm³/mol. The summed E-state index contributed by atoms with van der Waals surface area (Å²) in [5.41, 5.74) is 1.86. The summed E-state index contributed by atoms with van der Waals surface area (Å²) in [5.74, 6) is 0.695. The second-order valence-corrected chi connectivity index (χ2v) is 4.94. The van der Waals surface area contributed by atoms with Crippen LogP contribution < -0.4 is 5.32 Å². The van der Waals surface area contributed by atoms with Crippen molar-refractivity contribution in [3.05, 3.63) is 50.9 Å². The summed E-state index contributed by atoms with van der Waals surface area (Å²) in [5, 5.41) is 4.61. The highest BCUT2D eigenvalue weighted by Crippen LogP contribution is 2.22. The minimum absolute atomic E-state index is 0.213. The van der Waals surface area contributed by atoms with Gasteiger partial charge in [-0.15, -0.1) is 0 Å². The Morgan fingerprint density at radius 3 is 2.72 bits per heavy atom. The van der Waals surface area contributed by atoms with Crippen LogP contribution in [0, 0.1) is 6.92 Å². The Morgan fingerprint density at radius 2 is 2.00 bits per heavy atom. The van der Waals surface area contributed by atoms with Gasteiger partial charge in [0, 0.05) is 28.4 Å². The Bertz CT molecular complexity index is 572. The largest absolute Gasteiger partial charge is 0.366 e. The molecular formula is C12H10Cl3N3. The van der Waals surface area contributed by atoms with E-state index in [0.29, 0.717) is 22.4 Å². The van der Waals surface area contributed by atoms with Crippen LogP contribution in [0.1, 0.15) is 11.1 Å². The highest BCUT2D eigenvalue weighted by molar-refractivity contribution is 6.35. The molecule has 1 heterocycles. The van der Waals surface area contributed by atoms with E-state index in [2.05, 4.69) is 15.3 Å². The summed E-state index contributed by atoms with van der Waals surface area (Å²) in [6.07, 6.45) is 1.67. The molecule has 0 radical (unpaired) electrons. The molecule has 18 heavy (non-hydrogen) atoms. The minimum atomic E-state index is 0.213. The number of aromatic nitrogens is 2. The van der Waals surface area contributed by atoms with Gasteiger partial charge in [-0.1, -0.05) is 29.3 Å². The SMILES string of the molecule is Cc1cnc(Cl)nc1NCc1ccc(Cl)cc1Cl. The van der Waals surface area contributed by atoms with Gasteiger partial charge in [0.2, 0.25) is 5.28 Å². The number of benzene rings is 1. The van der Waals surface area contributed by atoms with Crippen molar-refractivity contribution in [3.63, 3.8) is 0 Å². The molecule has 0 bridgehead atoms. The fourth-order valence-corrected chi connectivity index (χ4v) is 2.05. The van der Waals surface area contributed by atoms with Gasteiger partial charge in [0.25, 0.3) is 0 Å². The molecular weight excluding hydrogens is 293 g/mol. The van der Waals surface area contributed by atoms with Gasteiger partial charge in [-0.25, -0.2) is 9.97 Å². The first-order valence-corrected chi connectivity index (χ1v) is 6.36. The van der Waals surface area contributed by atoms with E-state index < -0.39 is 0 Å². The molecule has 0 unspecified atom stereocenters. The summed E-state index contributed by atoms with van der Waals surface area (Å²) in [4.78, 5) is 8.00. The number of nitrogens with zero attached hydrogens (tertiary/aromatic N) is 2. The highest BCUT2D eigenvalue weighted by atomic mass is 35.5. The second-order valence-electron chi connectivity index (χ2n) is 3.76. The van der Waals surface area contributed by atoms with Crippen molar-refractivity contribution < 1.29 is 0 Å². The molecule has 0 aliphatic rings. The average Bonchev–Trinajstić information content (AvgIpc) is 2.32. The maximum atomic E-state index is 6.08. The lowest BCUT2D eigenvalue weighted by molar-refractivity contribution is 1.06. The van der Waals surface area contributed by atoms with Crippen molar-refractivity contribution in [1.29, 1.82) is 0 Å². The molecule has 1 N–H and O–H groups in total. The van der Waals surface area contributed by atoms with Crippen LogP contribution in [-0.4, -0.2) is 9.97 Å². The Hall–Kier alpha value is -1.03. The molecule has 94 valence electrons. The second kappa shape index (κ2) is 5.74. The monoisotopic (exact) mass is 301 g/mol. The van der Waals surface area contributed by atoms with Crippen LogP contribution in [0.3, 0.4) is 0 Å². The topological polar surface area (TPSA) is 37.8 Å². The third-order valence-electron chi connectivity index (χ3n) is 2.40. The summed E-state index contributed by atoms with van der Waals surface area (Å²) >= 11 is 17.7. The van der Waals surface area contributed by atoms with Crippen molar-refractivity contribution in [3.8, 4) is 0 Å². The fourth-order valence-electron chi connectivity index (χ4n) is 1.44. The van der Waals surface area contributed by atoms with Crippen LogP contribution in [0.5, 0.6) is 0 Å². The number of halogens is 3. The fraction of sp³-hybridized carbons (Fsp3) is 0.167. The lowest BCUT2D eigenvalue weighted by Crippen LogP contribution is -2.04. The number of anilines is 1. The van der Waals surface area contributed by atoms with E-state index in [1.807, 2.05) is 13.0 Å². The Labute approximate surface area is 120 Å². The quantitative estimate of drug-likeness (QED) is 0.856. The number of aryl methyl sites for hydroxylation is 1. The number of rotatable bonds is 3. The zero-order chi connectivity index (χ0) is 13.1. The first-order valence-electron chi connectivity index (χ1n) is 5.23. The number of hydrogen-bond acceptors (Lipinski definition) is 3. The van der Waals surface area contributed by atoms with E-state index in [4.69, 9.17) is 34.8 Å². The first-order chi connectivity index (χ1) is 8.56. The summed E-state index contributed by atoms with van der Waals surface area (Å²) in [6.45, 7) is 2.45. The maximum absolute atomic E-state index is 6.08. The van der Waals surface area contributed by atoms with Crippen molar-refractivity contribution in [2.45, 2.75) is 13.5 Å². The Kier molecular flexibility index (Phi) is 4.27. The number of hydrogen-bond donors (Lipinski definition) is 1. The van der Waals surface area contributed by atoms with Crippen LogP contribution in [0.25, 0.3) is 0 Å². The molecule has 0 amide bonds.